The summed E-state index contributed by atoms with van der Waals surface area (Å²) in [5.74, 6) is 0.743. The van der Waals surface area contributed by atoms with E-state index in [0.29, 0.717) is 6.42 Å². The van der Waals surface area contributed by atoms with Crippen molar-refractivity contribution in [2.45, 2.75) is 12.8 Å². The number of aromatic amines is 1. The summed E-state index contributed by atoms with van der Waals surface area (Å²) in [5, 5.41) is 7.66. The van der Waals surface area contributed by atoms with Gasteiger partial charge in [0.25, 0.3) is 0 Å². The van der Waals surface area contributed by atoms with E-state index < -0.39 is 0 Å². The second-order valence-electron chi connectivity index (χ2n) is 7.19. The van der Waals surface area contributed by atoms with Crippen LogP contribution in [0.15, 0.2) is 79.0 Å². The van der Waals surface area contributed by atoms with Gasteiger partial charge in [-0.1, -0.05) is 30.3 Å². The zero-order valence-corrected chi connectivity index (χ0v) is 16.9. The molecule has 3 N–H and O–H groups in total. The third-order valence-electron chi connectivity index (χ3n) is 5.09. The van der Waals surface area contributed by atoms with E-state index in [2.05, 4.69) is 40.0 Å². The molecule has 0 unspecified atom stereocenters. The molecule has 0 saturated heterocycles. The topological polar surface area (TPSA) is 66.2 Å². The summed E-state index contributed by atoms with van der Waals surface area (Å²) < 4.78 is 5.14. The van der Waals surface area contributed by atoms with Gasteiger partial charge in [-0.15, -0.1) is 0 Å². The van der Waals surface area contributed by atoms with Gasteiger partial charge in [0.15, 0.2) is 0 Å². The summed E-state index contributed by atoms with van der Waals surface area (Å²) in [6, 6.07) is 23.7. The minimum Gasteiger partial charge on any atom is -0.497 e. The van der Waals surface area contributed by atoms with E-state index >= 15 is 0 Å². The van der Waals surface area contributed by atoms with Crippen LogP contribution in [0.3, 0.4) is 0 Å². The largest absolute Gasteiger partial charge is 0.497 e. The molecule has 5 heteroatoms. The third kappa shape index (κ3) is 4.81. The van der Waals surface area contributed by atoms with Gasteiger partial charge in [0, 0.05) is 35.0 Å². The van der Waals surface area contributed by atoms with E-state index in [0.717, 1.165) is 35.7 Å². The number of carbonyl (C=O) groups excluding carboxylic acids is 1. The Labute approximate surface area is 176 Å². The average Bonchev–Trinajstić information content (AvgIpc) is 3.19. The minimum atomic E-state index is -0.0415. The zero-order chi connectivity index (χ0) is 20.8. The number of methoxy groups -OCH3 is 1. The standard InChI is InChI=1S/C25H25N3O2/c1-30-22-12-6-18(7-13-22)16-25(29)28-21-10-8-20(9-11-21)26-15-14-19-17-27-24-5-3-2-4-23(19)24/h2-13,17,26-27H,14-16H2,1H3,(H,28,29). The number of fused-ring (bicyclic) bond motifs is 1. The first-order valence-electron chi connectivity index (χ1n) is 10.0. The summed E-state index contributed by atoms with van der Waals surface area (Å²) in [4.78, 5) is 15.6. The molecule has 0 spiro atoms. The van der Waals surface area contributed by atoms with Crippen molar-refractivity contribution in [2.75, 3.05) is 24.3 Å². The summed E-state index contributed by atoms with van der Waals surface area (Å²) in [6.07, 6.45) is 3.34. The van der Waals surface area contributed by atoms with Crippen molar-refractivity contribution in [3.8, 4) is 5.75 Å². The molecule has 4 aromatic rings. The molecule has 1 aromatic heterocycles. The quantitative estimate of drug-likeness (QED) is 0.390. The Morgan fingerprint density at radius 1 is 0.933 bits per heavy atom. The number of ether oxygens (including phenoxy) is 1. The van der Waals surface area contributed by atoms with E-state index in [1.165, 1.54) is 16.5 Å². The number of aromatic nitrogens is 1. The van der Waals surface area contributed by atoms with Gasteiger partial charge in [-0.25, -0.2) is 0 Å². The summed E-state index contributed by atoms with van der Waals surface area (Å²) >= 11 is 0. The SMILES string of the molecule is COc1ccc(CC(=O)Nc2ccc(NCCc3c[nH]c4ccccc34)cc2)cc1. The molecule has 0 saturated carbocycles. The van der Waals surface area contributed by atoms with Crippen LogP contribution in [-0.4, -0.2) is 24.5 Å². The Morgan fingerprint density at radius 2 is 1.67 bits per heavy atom. The minimum absolute atomic E-state index is 0.0415. The van der Waals surface area contributed by atoms with Crippen LogP contribution in [0.5, 0.6) is 5.75 Å². The van der Waals surface area contributed by atoms with Gasteiger partial charge in [-0.2, -0.15) is 0 Å². The molecule has 4 rings (SSSR count). The Bertz CT molecular complexity index is 1120. The number of anilines is 2. The van der Waals surface area contributed by atoms with E-state index in [4.69, 9.17) is 4.74 Å². The van der Waals surface area contributed by atoms with Crippen LogP contribution in [-0.2, 0) is 17.6 Å². The number of nitrogens with one attached hydrogen (secondary N) is 3. The number of benzene rings is 3. The van der Waals surface area contributed by atoms with E-state index in [9.17, 15) is 4.79 Å². The lowest BCUT2D eigenvalue weighted by Gasteiger charge is -2.09. The molecular weight excluding hydrogens is 374 g/mol. The number of carbonyl (C=O) groups is 1. The van der Waals surface area contributed by atoms with Crippen molar-refractivity contribution in [3.63, 3.8) is 0 Å². The predicted octanol–water partition coefficient (Wildman–Crippen LogP) is 5.01. The van der Waals surface area contributed by atoms with Gasteiger partial charge in [-0.3, -0.25) is 4.79 Å². The molecule has 0 radical (unpaired) electrons. The van der Waals surface area contributed by atoms with E-state index in [1.54, 1.807) is 7.11 Å². The molecule has 5 nitrogen and oxygen atoms in total. The van der Waals surface area contributed by atoms with Crippen LogP contribution >= 0.6 is 0 Å². The normalized spacial score (nSPS) is 10.7. The summed E-state index contributed by atoms with van der Waals surface area (Å²) in [5.41, 5.74) is 5.24. The van der Waals surface area contributed by atoms with Crippen LogP contribution in [0.4, 0.5) is 11.4 Å². The van der Waals surface area contributed by atoms with Crippen LogP contribution in [0, 0.1) is 0 Å². The maximum atomic E-state index is 12.3. The van der Waals surface area contributed by atoms with Gasteiger partial charge in [0.05, 0.1) is 13.5 Å². The second-order valence-corrected chi connectivity index (χ2v) is 7.19. The Morgan fingerprint density at radius 3 is 2.43 bits per heavy atom. The number of rotatable bonds is 8. The highest BCUT2D eigenvalue weighted by Gasteiger charge is 2.05. The van der Waals surface area contributed by atoms with Crippen molar-refractivity contribution in [1.82, 2.24) is 4.98 Å². The van der Waals surface area contributed by atoms with Crippen molar-refractivity contribution >= 4 is 28.2 Å². The first-order valence-corrected chi connectivity index (χ1v) is 10.0. The van der Waals surface area contributed by atoms with Crippen molar-refractivity contribution in [1.29, 1.82) is 0 Å². The number of hydrogen-bond acceptors (Lipinski definition) is 3. The lowest BCUT2D eigenvalue weighted by molar-refractivity contribution is -0.115. The second kappa shape index (κ2) is 9.18. The molecule has 0 bridgehead atoms. The highest BCUT2D eigenvalue weighted by atomic mass is 16.5. The molecule has 30 heavy (non-hydrogen) atoms. The van der Waals surface area contributed by atoms with Crippen LogP contribution in [0.1, 0.15) is 11.1 Å². The van der Waals surface area contributed by atoms with Gasteiger partial charge >= 0.3 is 0 Å². The summed E-state index contributed by atoms with van der Waals surface area (Å²) in [6.45, 7) is 0.838. The highest BCUT2D eigenvalue weighted by molar-refractivity contribution is 5.92. The monoisotopic (exact) mass is 399 g/mol. The third-order valence-corrected chi connectivity index (χ3v) is 5.09. The molecule has 1 amide bonds. The lowest BCUT2D eigenvalue weighted by Crippen LogP contribution is -2.14. The maximum Gasteiger partial charge on any atom is 0.228 e. The molecule has 0 aliphatic rings. The smallest absolute Gasteiger partial charge is 0.228 e. The Balaban J connectivity index is 1.26. The molecule has 3 aromatic carbocycles. The molecule has 152 valence electrons. The van der Waals surface area contributed by atoms with E-state index in [-0.39, 0.29) is 5.91 Å². The number of hydrogen-bond donors (Lipinski definition) is 3. The van der Waals surface area contributed by atoms with Crippen LogP contribution in [0.2, 0.25) is 0 Å². The number of amides is 1. The predicted molar refractivity (Wildman–Crippen MR) is 122 cm³/mol. The molecule has 0 fully saturated rings. The van der Waals surface area contributed by atoms with Crippen molar-refractivity contribution < 1.29 is 9.53 Å². The average molecular weight is 399 g/mol. The highest BCUT2D eigenvalue weighted by Crippen LogP contribution is 2.19. The number of para-hydroxylation sites is 1. The molecule has 0 aliphatic heterocycles. The Hall–Kier alpha value is -3.73. The first kappa shape index (κ1) is 19.6. The van der Waals surface area contributed by atoms with Gasteiger partial charge in [0.1, 0.15) is 5.75 Å². The first-order chi connectivity index (χ1) is 14.7. The number of H-pyrrole nitrogens is 1. The molecule has 0 aliphatic carbocycles. The van der Waals surface area contributed by atoms with Crippen molar-refractivity contribution in [3.05, 3.63) is 90.1 Å². The fourth-order valence-electron chi connectivity index (χ4n) is 3.49. The lowest BCUT2D eigenvalue weighted by atomic mass is 10.1. The molecular formula is C25H25N3O2. The van der Waals surface area contributed by atoms with Crippen LogP contribution in [0.25, 0.3) is 10.9 Å². The maximum absolute atomic E-state index is 12.3. The van der Waals surface area contributed by atoms with Crippen molar-refractivity contribution in [2.24, 2.45) is 0 Å². The van der Waals surface area contributed by atoms with Gasteiger partial charge in [-0.05, 0) is 60.0 Å². The summed E-state index contributed by atoms with van der Waals surface area (Å²) in [7, 11) is 1.63. The molecule has 1 heterocycles. The Kier molecular flexibility index (Phi) is 5.99. The fraction of sp³-hybridized carbons (Fsp3) is 0.160. The van der Waals surface area contributed by atoms with Gasteiger partial charge in [0.2, 0.25) is 5.91 Å². The zero-order valence-electron chi connectivity index (χ0n) is 16.9. The molecule has 0 atom stereocenters. The van der Waals surface area contributed by atoms with Crippen LogP contribution < -0.4 is 15.4 Å². The van der Waals surface area contributed by atoms with E-state index in [1.807, 2.05) is 54.6 Å². The van der Waals surface area contributed by atoms with Gasteiger partial charge < -0.3 is 20.4 Å². The fourth-order valence-corrected chi connectivity index (χ4v) is 3.49.